The summed E-state index contributed by atoms with van der Waals surface area (Å²) in [6.07, 6.45) is 2.64. The molecule has 0 aliphatic rings. The molecule has 0 aliphatic carbocycles. The van der Waals surface area contributed by atoms with Crippen LogP contribution in [0.4, 0.5) is 0 Å². The number of hydrogen-bond acceptors (Lipinski definition) is 9. The summed E-state index contributed by atoms with van der Waals surface area (Å²) in [4.78, 5) is -2.24. The van der Waals surface area contributed by atoms with E-state index in [1.807, 2.05) is 0 Å². The Labute approximate surface area is 212 Å². The van der Waals surface area contributed by atoms with Crippen molar-refractivity contribution in [3.63, 3.8) is 0 Å². The van der Waals surface area contributed by atoms with Gasteiger partial charge in [0, 0.05) is 45.5 Å². The molecule has 4 N–H and O–H groups in total. The number of hydrogen-bond donors (Lipinski definition) is 4. The Balaban J connectivity index is 2.16. The summed E-state index contributed by atoms with van der Waals surface area (Å²) >= 11 is 0. The average molecular weight is 572 g/mol. The van der Waals surface area contributed by atoms with Crippen LogP contribution in [0, 0.1) is 0 Å². The fourth-order valence-corrected chi connectivity index (χ4v) is 6.39. The van der Waals surface area contributed by atoms with E-state index in [4.69, 9.17) is 9.47 Å². The van der Waals surface area contributed by atoms with Gasteiger partial charge in [0.2, 0.25) is 0 Å². The van der Waals surface area contributed by atoms with Crippen LogP contribution in [0.2, 0.25) is 0 Å². The first-order valence-corrected chi connectivity index (χ1v) is 14.7. The maximum absolute atomic E-state index is 12.3. The molecule has 15 heteroatoms. The van der Waals surface area contributed by atoms with Gasteiger partial charge >= 0.3 is 0 Å². The van der Waals surface area contributed by atoms with Crippen molar-refractivity contribution in [2.45, 2.75) is 27.8 Å². The van der Waals surface area contributed by atoms with E-state index in [0.29, 0.717) is 6.07 Å². The first kappa shape index (κ1) is 27.0. The van der Waals surface area contributed by atoms with Crippen molar-refractivity contribution in [2.24, 2.45) is 0 Å². The van der Waals surface area contributed by atoms with E-state index in [0.717, 1.165) is 12.1 Å². The van der Waals surface area contributed by atoms with Crippen LogP contribution in [0.5, 0.6) is 5.75 Å². The van der Waals surface area contributed by atoms with Crippen LogP contribution in [-0.4, -0.2) is 58.9 Å². The second kappa shape index (κ2) is 9.36. The van der Waals surface area contributed by atoms with Gasteiger partial charge in [0.05, 0.1) is 0 Å². The summed E-state index contributed by atoms with van der Waals surface area (Å²) in [5.41, 5.74) is 0. The molecule has 0 amide bonds. The number of rotatable bonds is 9. The summed E-state index contributed by atoms with van der Waals surface area (Å²) in [5.74, 6) is -0.0514. The molecule has 0 bridgehead atoms. The van der Waals surface area contributed by atoms with Crippen LogP contribution in [0.15, 0.2) is 63.4 Å². The highest BCUT2D eigenvalue weighted by molar-refractivity contribution is 7.87. The van der Waals surface area contributed by atoms with Gasteiger partial charge in [-0.3, -0.25) is 13.7 Å². The maximum atomic E-state index is 12.3. The Morgan fingerprint density at radius 2 is 1.22 bits per heavy atom. The molecule has 4 aromatic rings. The molecule has 0 fully saturated rings. The van der Waals surface area contributed by atoms with E-state index in [1.165, 1.54) is 25.3 Å². The van der Waals surface area contributed by atoms with Crippen LogP contribution in [0.1, 0.15) is 6.92 Å². The van der Waals surface area contributed by atoms with Gasteiger partial charge < -0.3 is 14.8 Å². The van der Waals surface area contributed by atoms with Gasteiger partial charge in [0.15, 0.2) is 6.23 Å². The zero-order valence-electron chi connectivity index (χ0n) is 19.2. The fourth-order valence-electron chi connectivity index (χ4n) is 4.18. The van der Waals surface area contributed by atoms with Crippen molar-refractivity contribution in [1.82, 2.24) is 5.32 Å². The Morgan fingerprint density at radius 1 is 0.784 bits per heavy atom. The van der Waals surface area contributed by atoms with E-state index < -0.39 is 51.3 Å². The minimum atomic E-state index is -5.00. The van der Waals surface area contributed by atoms with Crippen LogP contribution < -0.4 is 10.1 Å². The standard InChI is InChI=1S/C22H21NO11S3/c1-3-8-23-20(33-2)11-34-16-9-17(35(24,25)26)13-6-7-15-19(37(30,31)32)10-18(36(27,28)29)14-5-4-12(16)21(13)22(14)15/h3-10,20,23H,11H2,1-2H3,(H,24,25,26)(H,27,28,29)(H,30,31,32). The molecule has 0 aliphatic heterocycles. The zero-order chi connectivity index (χ0) is 27.3. The third-order valence-electron chi connectivity index (χ3n) is 5.70. The van der Waals surface area contributed by atoms with Crippen LogP contribution in [-0.2, 0) is 35.1 Å². The number of nitrogens with one attached hydrogen (secondary N) is 1. The van der Waals surface area contributed by atoms with Gasteiger partial charge in [0.25, 0.3) is 30.4 Å². The predicted molar refractivity (Wildman–Crippen MR) is 134 cm³/mol. The Morgan fingerprint density at radius 3 is 1.65 bits per heavy atom. The quantitative estimate of drug-likeness (QED) is 0.131. The molecule has 37 heavy (non-hydrogen) atoms. The molecule has 0 spiro atoms. The van der Waals surface area contributed by atoms with Gasteiger partial charge in [-0.05, 0) is 25.3 Å². The minimum absolute atomic E-state index is 0.0194. The molecule has 12 nitrogen and oxygen atoms in total. The van der Waals surface area contributed by atoms with Crippen LogP contribution in [0.25, 0.3) is 32.3 Å². The summed E-state index contributed by atoms with van der Waals surface area (Å²) < 4.78 is 114. The highest BCUT2D eigenvalue weighted by Crippen LogP contribution is 2.45. The van der Waals surface area contributed by atoms with Crippen LogP contribution in [0.3, 0.4) is 0 Å². The molecule has 0 saturated heterocycles. The monoisotopic (exact) mass is 571 g/mol. The second-order valence-electron chi connectivity index (χ2n) is 7.94. The van der Waals surface area contributed by atoms with Gasteiger partial charge in [-0.15, -0.1) is 0 Å². The van der Waals surface area contributed by atoms with Crippen molar-refractivity contribution in [3.05, 3.63) is 48.7 Å². The molecular weight excluding hydrogens is 550 g/mol. The van der Waals surface area contributed by atoms with E-state index in [1.54, 1.807) is 19.2 Å². The van der Waals surface area contributed by atoms with Crippen molar-refractivity contribution in [2.75, 3.05) is 13.7 Å². The first-order chi connectivity index (χ1) is 17.2. The van der Waals surface area contributed by atoms with Gasteiger partial charge in [-0.2, -0.15) is 25.3 Å². The summed E-state index contributed by atoms with van der Waals surface area (Å²) in [6.45, 7) is 1.63. The highest BCUT2D eigenvalue weighted by atomic mass is 32.2. The third-order valence-corrected chi connectivity index (χ3v) is 8.38. The molecular formula is C22H21NO11S3. The van der Waals surface area contributed by atoms with Crippen molar-refractivity contribution in [1.29, 1.82) is 0 Å². The lowest BCUT2D eigenvalue weighted by atomic mass is 9.93. The largest absolute Gasteiger partial charge is 0.488 e. The SMILES string of the molecule is CC=CNC(COc1cc(S(=O)(=O)O)c2ccc3c(S(=O)(=O)O)cc(S(=O)(=O)O)c4ccc1c2c43)OC. The lowest BCUT2D eigenvalue weighted by Crippen LogP contribution is -2.32. The molecule has 1 unspecified atom stereocenters. The molecule has 0 heterocycles. The molecule has 0 aromatic heterocycles. The van der Waals surface area contributed by atoms with Crippen molar-refractivity contribution >= 4 is 62.7 Å². The van der Waals surface area contributed by atoms with E-state index in [9.17, 15) is 38.9 Å². The molecule has 4 aromatic carbocycles. The number of benzene rings is 4. The fraction of sp³-hybridized carbons (Fsp3) is 0.182. The van der Waals surface area contributed by atoms with Crippen LogP contribution >= 0.6 is 0 Å². The summed E-state index contributed by atoms with van der Waals surface area (Å²) in [6, 6.07) is 6.75. The lowest BCUT2D eigenvalue weighted by Gasteiger charge is -2.20. The highest BCUT2D eigenvalue weighted by Gasteiger charge is 2.28. The minimum Gasteiger partial charge on any atom is -0.488 e. The Kier molecular flexibility index (Phi) is 6.83. The van der Waals surface area contributed by atoms with Gasteiger partial charge in [-0.25, -0.2) is 0 Å². The van der Waals surface area contributed by atoms with Gasteiger partial charge in [-0.1, -0.05) is 24.3 Å². The van der Waals surface area contributed by atoms with Gasteiger partial charge in [0.1, 0.15) is 27.0 Å². The molecule has 198 valence electrons. The molecule has 4 rings (SSSR count). The average Bonchev–Trinajstić information content (AvgIpc) is 2.80. The number of methoxy groups -OCH3 is 1. The third kappa shape index (κ3) is 4.94. The van der Waals surface area contributed by atoms with E-state index in [2.05, 4.69) is 5.32 Å². The number of allylic oxidation sites excluding steroid dienone is 1. The number of ether oxygens (including phenoxy) is 2. The lowest BCUT2D eigenvalue weighted by molar-refractivity contribution is 0.0439. The normalized spacial score (nSPS) is 14.2. The molecule has 0 saturated carbocycles. The van der Waals surface area contributed by atoms with Crippen molar-refractivity contribution < 1.29 is 48.4 Å². The summed E-state index contributed by atoms with van der Waals surface area (Å²) in [5, 5.41) is 2.68. The maximum Gasteiger partial charge on any atom is 0.295 e. The van der Waals surface area contributed by atoms with E-state index in [-0.39, 0.29) is 44.7 Å². The van der Waals surface area contributed by atoms with E-state index >= 15 is 0 Å². The molecule has 0 radical (unpaired) electrons. The Bertz CT molecular complexity index is 1830. The Hall–Kier alpha value is -3.05. The zero-order valence-corrected chi connectivity index (χ0v) is 21.7. The first-order valence-electron chi connectivity index (χ1n) is 10.4. The second-order valence-corrected chi connectivity index (χ2v) is 12.1. The molecule has 1 atom stereocenters. The summed E-state index contributed by atoms with van der Waals surface area (Å²) in [7, 11) is -13.4. The topological polar surface area (TPSA) is 194 Å². The van der Waals surface area contributed by atoms with Crippen molar-refractivity contribution in [3.8, 4) is 5.75 Å². The predicted octanol–water partition coefficient (Wildman–Crippen LogP) is 2.80. The smallest absolute Gasteiger partial charge is 0.295 e.